The molecule has 1 aromatic rings. The van der Waals surface area contributed by atoms with Crippen LogP contribution in [0.25, 0.3) is 0 Å². The molecule has 1 unspecified atom stereocenters. The lowest BCUT2D eigenvalue weighted by Gasteiger charge is -2.23. The van der Waals surface area contributed by atoms with Crippen molar-refractivity contribution in [2.75, 3.05) is 19.6 Å². The van der Waals surface area contributed by atoms with Crippen molar-refractivity contribution in [1.82, 2.24) is 24.9 Å². The van der Waals surface area contributed by atoms with E-state index in [1.54, 1.807) is 18.5 Å². The Morgan fingerprint density at radius 1 is 1.55 bits per heavy atom. The van der Waals surface area contributed by atoms with Crippen molar-refractivity contribution in [3.05, 3.63) is 12.0 Å². The molecule has 124 valence electrons. The van der Waals surface area contributed by atoms with Gasteiger partial charge < -0.3 is 15.2 Å². The lowest BCUT2D eigenvalue weighted by molar-refractivity contribution is -0.121. The minimum absolute atomic E-state index is 0.0237. The molecule has 0 radical (unpaired) electrons. The van der Waals surface area contributed by atoms with Crippen molar-refractivity contribution in [3.63, 3.8) is 0 Å². The van der Waals surface area contributed by atoms with Crippen molar-refractivity contribution in [2.45, 2.75) is 37.3 Å². The van der Waals surface area contributed by atoms with E-state index >= 15 is 0 Å². The van der Waals surface area contributed by atoms with Crippen LogP contribution in [0.3, 0.4) is 0 Å². The molecular weight excluding hydrogens is 306 g/mol. The van der Waals surface area contributed by atoms with Gasteiger partial charge in [0, 0.05) is 38.8 Å². The Hall–Kier alpha value is -1.45. The monoisotopic (exact) mass is 329 g/mol. The summed E-state index contributed by atoms with van der Waals surface area (Å²) < 4.78 is 28.1. The van der Waals surface area contributed by atoms with Gasteiger partial charge in [-0.15, -0.1) is 0 Å². The molecule has 1 fully saturated rings. The van der Waals surface area contributed by atoms with E-state index in [0.29, 0.717) is 5.82 Å². The molecule has 1 saturated heterocycles. The summed E-state index contributed by atoms with van der Waals surface area (Å²) in [6, 6.07) is 0.135. The second-order valence-corrected chi connectivity index (χ2v) is 7.21. The smallest absolute Gasteiger partial charge is 0.259 e. The maximum absolute atomic E-state index is 12.0. The standard InChI is InChI=1S/C13H23N5O3S/c1-10-16-13(9-18(10)2)22(20,21)15-7-5-12(19)17-11-4-3-6-14-8-11/h9,11,14-15H,3-8H2,1-2H3,(H,17,19). The fourth-order valence-corrected chi connectivity index (χ4v) is 3.37. The lowest BCUT2D eigenvalue weighted by atomic mass is 10.1. The number of aryl methyl sites for hydroxylation is 2. The van der Waals surface area contributed by atoms with Crippen LogP contribution >= 0.6 is 0 Å². The van der Waals surface area contributed by atoms with Gasteiger partial charge in [-0.3, -0.25) is 4.79 Å². The minimum Gasteiger partial charge on any atom is -0.352 e. The first kappa shape index (κ1) is 16.9. The number of hydrogen-bond donors (Lipinski definition) is 3. The molecule has 0 saturated carbocycles. The number of aromatic nitrogens is 2. The van der Waals surface area contributed by atoms with E-state index in [1.165, 1.54) is 6.20 Å². The van der Waals surface area contributed by atoms with Crippen molar-refractivity contribution in [3.8, 4) is 0 Å². The topological polar surface area (TPSA) is 105 Å². The highest BCUT2D eigenvalue weighted by Crippen LogP contribution is 2.07. The zero-order valence-corrected chi connectivity index (χ0v) is 13.7. The predicted molar refractivity (Wildman–Crippen MR) is 81.8 cm³/mol. The minimum atomic E-state index is -3.66. The molecule has 9 heteroatoms. The second-order valence-electron chi connectivity index (χ2n) is 5.50. The van der Waals surface area contributed by atoms with Gasteiger partial charge in [0.2, 0.25) is 5.91 Å². The van der Waals surface area contributed by atoms with Crippen LogP contribution in [-0.4, -0.2) is 49.6 Å². The molecule has 22 heavy (non-hydrogen) atoms. The van der Waals surface area contributed by atoms with Gasteiger partial charge in [-0.2, -0.15) is 0 Å². The third kappa shape index (κ3) is 4.52. The zero-order valence-electron chi connectivity index (χ0n) is 12.9. The molecule has 2 heterocycles. The molecule has 1 aliphatic heterocycles. The highest BCUT2D eigenvalue weighted by molar-refractivity contribution is 7.89. The van der Waals surface area contributed by atoms with Gasteiger partial charge in [-0.25, -0.2) is 18.1 Å². The van der Waals surface area contributed by atoms with Crippen LogP contribution < -0.4 is 15.4 Å². The number of hydrogen-bond acceptors (Lipinski definition) is 5. The molecule has 2 rings (SSSR count). The number of carbonyl (C=O) groups excluding carboxylic acids is 1. The molecule has 3 N–H and O–H groups in total. The van der Waals surface area contributed by atoms with Crippen molar-refractivity contribution in [1.29, 1.82) is 0 Å². The summed E-state index contributed by atoms with van der Waals surface area (Å²) in [5.74, 6) is 0.469. The van der Waals surface area contributed by atoms with E-state index in [2.05, 4.69) is 20.3 Å². The lowest BCUT2D eigenvalue weighted by Crippen LogP contribution is -2.46. The Morgan fingerprint density at radius 3 is 2.91 bits per heavy atom. The fraction of sp³-hybridized carbons (Fsp3) is 0.692. The van der Waals surface area contributed by atoms with Crippen LogP contribution in [0.1, 0.15) is 25.1 Å². The summed E-state index contributed by atoms with van der Waals surface area (Å²) in [5.41, 5.74) is 0. The van der Waals surface area contributed by atoms with E-state index in [1.807, 2.05) is 0 Å². The van der Waals surface area contributed by atoms with E-state index in [-0.39, 0.29) is 29.9 Å². The number of amides is 1. The summed E-state index contributed by atoms with van der Waals surface area (Å²) in [6.45, 7) is 3.54. The van der Waals surface area contributed by atoms with Crippen LogP contribution in [0.4, 0.5) is 0 Å². The van der Waals surface area contributed by atoms with Gasteiger partial charge in [0.05, 0.1) is 0 Å². The van der Waals surface area contributed by atoms with Gasteiger partial charge in [0.25, 0.3) is 10.0 Å². The highest BCUT2D eigenvalue weighted by atomic mass is 32.2. The van der Waals surface area contributed by atoms with Crippen molar-refractivity contribution in [2.24, 2.45) is 7.05 Å². The van der Waals surface area contributed by atoms with Gasteiger partial charge in [0.1, 0.15) is 5.82 Å². The number of nitrogens with zero attached hydrogens (tertiary/aromatic N) is 2. The zero-order chi connectivity index (χ0) is 16.2. The van der Waals surface area contributed by atoms with Crippen LogP contribution in [-0.2, 0) is 21.9 Å². The number of nitrogens with one attached hydrogen (secondary N) is 3. The Morgan fingerprint density at radius 2 is 2.32 bits per heavy atom. The maximum Gasteiger partial charge on any atom is 0.259 e. The molecular formula is C13H23N5O3S. The first-order chi connectivity index (χ1) is 10.4. The Bertz CT molecular complexity index is 600. The SMILES string of the molecule is Cc1nc(S(=O)(=O)NCCC(=O)NC2CCCNC2)cn1C. The first-order valence-corrected chi connectivity index (χ1v) is 8.86. The Kier molecular flexibility index (Phi) is 5.54. The Balaban J connectivity index is 1.78. The highest BCUT2D eigenvalue weighted by Gasteiger charge is 2.19. The van der Waals surface area contributed by atoms with Crippen LogP contribution in [0.15, 0.2) is 11.2 Å². The molecule has 1 atom stereocenters. The van der Waals surface area contributed by atoms with Gasteiger partial charge in [-0.1, -0.05) is 0 Å². The largest absolute Gasteiger partial charge is 0.352 e. The normalized spacial score (nSPS) is 19.1. The van der Waals surface area contributed by atoms with Crippen LogP contribution in [0, 0.1) is 6.92 Å². The predicted octanol–water partition coefficient (Wildman–Crippen LogP) is -0.735. The third-order valence-corrected chi connectivity index (χ3v) is 5.00. The fourth-order valence-electron chi connectivity index (χ4n) is 2.30. The van der Waals surface area contributed by atoms with E-state index in [0.717, 1.165) is 25.9 Å². The van der Waals surface area contributed by atoms with Gasteiger partial charge in [-0.05, 0) is 26.3 Å². The average Bonchev–Trinajstić information content (AvgIpc) is 2.80. The van der Waals surface area contributed by atoms with Gasteiger partial charge >= 0.3 is 0 Å². The molecule has 8 nitrogen and oxygen atoms in total. The van der Waals surface area contributed by atoms with E-state index < -0.39 is 10.0 Å². The second kappa shape index (κ2) is 7.21. The molecule has 0 spiro atoms. The summed E-state index contributed by atoms with van der Waals surface area (Å²) >= 11 is 0. The molecule has 0 aliphatic carbocycles. The molecule has 0 aromatic carbocycles. The summed E-state index contributed by atoms with van der Waals surface area (Å²) in [4.78, 5) is 15.8. The van der Waals surface area contributed by atoms with Crippen LogP contribution in [0.5, 0.6) is 0 Å². The van der Waals surface area contributed by atoms with Gasteiger partial charge in [0.15, 0.2) is 5.03 Å². The number of carbonyl (C=O) groups is 1. The van der Waals surface area contributed by atoms with Crippen molar-refractivity contribution >= 4 is 15.9 Å². The molecule has 0 bridgehead atoms. The van der Waals surface area contributed by atoms with E-state index in [4.69, 9.17) is 0 Å². The number of piperidine rings is 1. The number of sulfonamides is 1. The summed E-state index contributed by atoms with van der Waals surface area (Å²) in [7, 11) is -1.94. The van der Waals surface area contributed by atoms with Crippen LogP contribution in [0.2, 0.25) is 0 Å². The molecule has 1 amide bonds. The molecule has 1 aromatic heterocycles. The quantitative estimate of drug-likeness (QED) is 0.638. The number of imidazole rings is 1. The summed E-state index contributed by atoms with van der Waals surface area (Å²) in [5, 5.41) is 6.09. The maximum atomic E-state index is 12.0. The first-order valence-electron chi connectivity index (χ1n) is 7.38. The Labute approximate surface area is 130 Å². The average molecular weight is 329 g/mol. The van der Waals surface area contributed by atoms with E-state index in [9.17, 15) is 13.2 Å². The van der Waals surface area contributed by atoms with Crippen molar-refractivity contribution < 1.29 is 13.2 Å². The molecule has 1 aliphatic rings. The summed E-state index contributed by atoms with van der Waals surface area (Å²) in [6.07, 6.45) is 3.56. The number of rotatable bonds is 6. The third-order valence-electron chi connectivity index (χ3n) is 3.67.